The van der Waals surface area contributed by atoms with Crippen LogP contribution in [0.1, 0.15) is 46.6 Å². The van der Waals surface area contributed by atoms with Gasteiger partial charge in [-0.3, -0.25) is 9.59 Å². The minimum absolute atomic E-state index is 0.132. The maximum atomic E-state index is 13.2. The summed E-state index contributed by atoms with van der Waals surface area (Å²) >= 11 is 0. The van der Waals surface area contributed by atoms with Gasteiger partial charge in [0.15, 0.2) is 0 Å². The highest BCUT2D eigenvalue weighted by Crippen LogP contribution is 2.26. The summed E-state index contributed by atoms with van der Waals surface area (Å²) in [5, 5.41) is 16.3. The Morgan fingerprint density at radius 1 is 1.22 bits per heavy atom. The molecule has 1 aromatic carbocycles. The lowest BCUT2D eigenvalue weighted by molar-refractivity contribution is -0.142. The zero-order chi connectivity index (χ0) is 20.2. The maximum Gasteiger partial charge on any atom is 0.243 e. The van der Waals surface area contributed by atoms with Crippen LogP contribution in [0.3, 0.4) is 0 Å². The third-order valence-corrected chi connectivity index (χ3v) is 4.79. The first-order valence-electron chi connectivity index (χ1n) is 9.66. The molecule has 3 atom stereocenters. The summed E-state index contributed by atoms with van der Waals surface area (Å²) in [4.78, 5) is 27.5. The first-order chi connectivity index (χ1) is 12.6. The molecule has 0 radical (unpaired) electrons. The second kappa shape index (κ2) is 8.85. The van der Waals surface area contributed by atoms with Crippen molar-refractivity contribution in [3.63, 3.8) is 0 Å². The van der Waals surface area contributed by atoms with Crippen LogP contribution >= 0.6 is 0 Å². The van der Waals surface area contributed by atoms with E-state index in [-0.39, 0.29) is 36.2 Å². The smallest absolute Gasteiger partial charge is 0.243 e. The van der Waals surface area contributed by atoms with Crippen molar-refractivity contribution < 1.29 is 14.7 Å². The number of benzene rings is 1. The van der Waals surface area contributed by atoms with Gasteiger partial charge in [-0.25, -0.2) is 0 Å². The van der Waals surface area contributed by atoms with Gasteiger partial charge in [0.1, 0.15) is 6.04 Å². The summed E-state index contributed by atoms with van der Waals surface area (Å²) < 4.78 is 0. The molecule has 0 aliphatic carbocycles. The SMILES string of the molecule is CC(C)NC(C(=O)N1CC(O)CC1C(=O)NCc1ccccc1)C(C)(C)C. The minimum atomic E-state index is -0.680. The summed E-state index contributed by atoms with van der Waals surface area (Å²) in [6, 6.07) is 8.71. The summed E-state index contributed by atoms with van der Waals surface area (Å²) in [5.74, 6) is -0.353. The number of hydrogen-bond donors (Lipinski definition) is 3. The monoisotopic (exact) mass is 375 g/mol. The lowest BCUT2D eigenvalue weighted by atomic mass is 9.85. The minimum Gasteiger partial charge on any atom is -0.391 e. The highest BCUT2D eigenvalue weighted by atomic mass is 16.3. The molecule has 1 aliphatic heterocycles. The normalized spacial score (nSPS) is 21.4. The van der Waals surface area contributed by atoms with Crippen molar-refractivity contribution in [3.05, 3.63) is 35.9 Å². The number of amides is 2. The molecule has 3 N–H and O–H groups in total. The number of nitrogens with zero attached hydrogens (tertiary/aromatic N) is 1. The highest BCUT2D eigenvalue weighted by molar-refractivity contribution is 5.91. The van der Waals surface area contributed by atoms with Gasteiger partial charge in [0.05, 0.1) is 12.1 Å². The fourth-order valence-electron chi connectivity index (χ4n) is 3.40. The van der Waals surface area contributed by atoms with Gasteiger partial charge in [-0.05, 0) is 11.0 Å². The van der Waals surface area contributed by atoms with E-state index in [0.29, 0.717) is 6.54 Å². The summed E-state index contributed by atoms with van der Waals surface area (Å²) in [6.45, 7) is 10.6. The molecular formula is C21H33N3O3. The Bertz CT molecular complexity index is 640. The van der Waals surface area contributed by atoms with Crippen LogP contribution in [0.25, 0.3) is 0 Å². The first-order valence-corrected chi connectivity index (χ1v) is 9.66. The number of hydrogen-bond acceptors (Lipinski definition) is 4. The quantitative estimate of drug-likeness (QED) is 0.707. The number of β-amino-alcohol motifs (C(OH)–C–C–N with tert-alkyl or cyclic N) is 1. The number of aliphatic hydroxyl groups excluding tert-OH is 1. The van der Waals surface area contributed by atoms with Crippen LogP contribution in [0.15, 0.2) is 30.3 Å². The molecule has 27 heavy (non-hydrogen) atoms. The number of carbonyl (C=O) groups excluding carboxylic acids is 2. The van der Waals surface area contributed by atoms with E-state index in [1.165, 1.54) is 4.90 Å². The zero-order valence-electron chi connectivity index (χ0n) is 17.0. The number of nitrogens with one attached hydrogen (secondary N) is 2. The Kier molecular flexibility index (Phi) is 7.00. The van der Waals surface area contributed by atoms with Crippen LogP contribution in [0.4, 0.5) is 0 Å². The predicted octanol–water partition coefficient (Wildman–Crippen LogP) is 1.68. The van der Waals surface area contributed by atoms with Crippen LogP contribution in [0.5, 0.6) is 0 Å². The highest BCUT2D eigenvalue weighted by Gasteiger charge is 2.43. The van der Waals surface area contributed by atoms with Crippen molar-refractivity contribution in [2.75, 3.05) is 6.54 Å². The second-order valence-corrected chi connectivity index (χ2v) is 8.72. The van der Waals surface area contributed by atoms with Crippen molar-refractivity contribution in [3.8, 4) is 0 Å². The maximum absolute atomic E-state index is 13.2. The Balaban J connectivity index is 2.11. The Hall–Kier alpha value is -1.92. The summed E-state index contributed by atoms with van der Waals surface area (Å²) in [6.07, 6.45) is -0.411. The molecule has 6 nitrogen and oxygen atoms in total. The molecule has 3 unspecified atom stereocenters. The average Bonchev–Trinajstić information content (AvgIpc) is 2.99. The Morgan fingerprint density at radius 3 is 2.41 bits per heavy atom. The standard InChI is InChI=1S/C21H33N3O3/c1-14(2)23-18(21(3,4)5)20(27)24-13-16(25)11-17(24)19(26)22-12-15-9-7-6-8-10-15/h6-10,14,16-18,23,25H,11-13H2,1-5H3,(H,22,26). The van der Waals surface area contributed by atoms with E-state index in [9.17, 15) is 14.7 Å². The van der Waals surface area contributed by atoms with Crippen LogP contribution in [0.2, 0.25) is 0 Å². The number of carbonyl (C=O) groups is 2. The van der Waals surface area contributed by atoms with E-state index in [2.05, 4.69) is 10.6 Å². The Labute approximate surface area is 162 Å². The molecule has 0 saturated carbocycles. The van der Waals surface area contributed by atoms with Gasteiger partial charge in [0.25, 0.3) is 0 Å². The molecular weight excluding hydrogens is 342 g/mol. The Morgan fingerprint density at radius 2 is 1.85 bits per heavy atom. The van der Waals surface area contributed by atoms with E-state index < -0.39 is 18.2 Å². The molecule has 0 spiro atoms. The van der Waals surface area contributed by atoms with E-state index in [1.54, 1.807) is 0 Å². The third-order valence-electron chi connectivity index (χ3n) is 4.79. The van der Waals surface area contributed by atoms with Crippen LogP contribution in [-0.4, -0.2) is 52.6 Å². The molecule has 2 rings (SSSR count). The topological polar surface area (TPSA) is 81.7 Å². The molecule has 0 bridgehead atoms. The fourth-order valence-corrected chi connectivity index (χ4v) is 3.40. The van der Waals surface area contributed by atoms with Crippen LogP contribution in [-0.2, 0) is 16.1 Å². The second-order valence-electron chi connectivity index (χ2n) is 8.72. The van der Waals surface area contributed by atoms with Crippen molar-refractivity contribution in [1.82, 2.24) is 15.5 Å². The van der Waals surface area contributed by atoms with E-state index in [4.69, 9.17) is 0 Å². The van der Waals surface area contributed by atoms with Crippen molar-refractivity contribution in [1.29, 1.82) is 0 Å². The van der Waals surface area contributed by atoms with Crippen molar-refractivity contribution >= 4 is 11.8 Å². The van der Waals surface area contributed by atoms with E-state index >= 15 is 0 Å². The molecule has 1 saturated heterocycles. The molecule has 2 amide bonds. The van der Waals surface area contributed by atoms with E-state index in [1.807, 2.05) is 65.0 Å². The van der Waals surface area contributed by atoms with Gasteiger partial charge in [0, 0.05) is 25.6 Å². The van der Waals surface area contributed by atoms with Gasteiger partial charge in [-0.1, -0.05) is 65.0 Å². The number of aliphatic hydroxyl groups is 1. The zero-order valence-corrected chi connectivity index (χ0v) is 17.0. The lowest BCUT2D eigenvalue weighted by Crippen LogP contribution is -2.57. The third kappa shape index (κ3) is 5.78. The van der Waals surface area contributed by atoms with Gasteiger partial charge in [0.2, 0.25) is 11.8 Å². The van der Waals surface area contributed by atoms with E-state index in [0.717, 1.165) is 5.56 Å². The lowest BCUT2D eigenvalue weighted by Gasteiger charge is -2.36. The summed E-state index contributed by atoms with van der Waals surface area (Å²) in [7, 11) is 0. The molecule has 1 heterocycles. The molecule has 1 fully saturated rings. The van der Waals surface area contributed by atoms with Gasteiger partial charge >= 0.3 is 0 Å². The molecule has 0 aromatic heterocycles. The summed E-state index contributed by atoms with van der Waals surface area (Å²) in [5.41, 5.74) is 0.691. The number of rotatable bonds is 6. The first kappa shape index (κ1) is 21.4. The fraction of sp³-hybridized carbons (Fsp3) is 0.619. The molecule has 1 aliphatic rings. The van der Waals surface area contributed by atoms with Crippen LogP contribution < -0.4 is 10.6 Å². The molecule has 1 aromatic rings. The van der Waals surface area contributed by atoms with Gasteiger partial charge < -0.3 is 20.6 Å². The average molecular weight is 376 g/mol. The van der Waals surface area contributed by atoms with Crippen LogP contribution in [0, 0.1) is 5.41 Å². The van der Waals surface area contributed by atoms with Crippen molar-refractivity contribution in [2.45, 2.75) is 71.8 Å². The van der Waals surface area contributed by atoms with Gasteiger partial charge in [-0.15, -0.1) is 0 Å². The molecule has 150 valence electrons. The predicted molar refractivity (Wildman–Crippen MR) is 106 cm³/mol. The largest absolute Gasteiger partial charge is 0.391 e. The molecule has 6 heteroatoms. The van der Waals surface area contributed by atoms with Gasteiger partial charge in [-0.2, -0.15) is 0 Å². The van der Waals surface area contributed by atoms with Crippen molar-refractivity contribution in [2.24, 2.45) is 5.41 Å². The number of likely N-dealkylation sites (tertiary alicyclic amines) is 1.